The van der Waals surface area contributed by atoms with E-state index in [0.717, 1.165) is 17.6 Å². The van der Waals surface area contributed by atoms with Crippen molar-refractivity contribution in [1.82, 2.24) is 14.5 Å². The van der Waals surface area contributed by atoms with Gasteiger partial charge in [-0.2, -0.15) is 0 Å². The highest BCUT2D eigenvalue weighted by atomic mass is 16.3. The predicted octanol–water partition coefficient (Wildman–Crippen LogP) is 0.443. The molecule has 2 aromatic heterocycles. The van der Waals surface area contributed by atoms with Crippen molar-refractivity contribution in [1.29, 1.82) is 0 Å². The highest BCUT2D eigenvalue weighted by Gasteiger charge is 2.14. The van der Waals surface area contributed by atoms with Crippen LogP contribution in [0.1, 0.15) is 18.8 Å². The third kappa shape index (κ3) is 1.60. The summed E-state index contributed by atoms with van der Waals surface area (Å²) in [6, 6.07) is 1.47. The van der Waals surface area contributed by atoms with Crippen molar-refractivity contribution < 1.29 is 5.11 Å². The van der Waals surface area contributed by atoms with Crippen molar-refractivity contribution in [3.63, 3.8) is 0 Å². The molecule has 2 rings (SSSR count). The Bertz CT molecular complexity index is 465. The minimum absolute atomic E-state index is 0.100. The topological polar surface area (TPSA) is 77.0 Å². The summed E-state index contributed by atoms with van der Waals surface area (Å²) in [6.45, 7) is 2.70. The molecule has 0 bridgehead atoms. The summed E-state index contributed by atoms with van der Waals surface area (Å²) in [5.41, 5.74) is 7.60. The largest absolute Gasteiger partial charge is 0.394 e. The van der Waals surface area contributed by atoms with Gasteiger partial charge in [0.05, 0.1) is 24.4 Å². The van der Waals surface area contributed by atoms with Gasteiger partial charge in [-0.3, -0.25) is 4.98 Å². The van der Waals surface area contributed by atoms with E-state index in [2.05, 4.69) is 9.97 Å². The molecule has 0 saturated carbocycles. The van der Waals surface area contributed by atoms with Crippen molar-refractivity contribution in [2.75, 3.05) is 6.61 Å². The molecule has 3 N–H and O–H groups in total. The summed E-state index contributed by atoms with van der Waals surface area (Å²) < 4.78 is 2.00. The van der Waals surface area contributed by atoms with E-state index in [1.165, 1.54) is 0 Å². The molecule has 5 heteroatoms. The third-order valence-electron chi connectivity index (χ3n) is 2.42. The number of imidazole rings is 1. The van der Waals surface area contributed by atoms with E-state index in [4.69, 9.17) is 10.8 Å². The van der Waals surface area contributed by atoms with Crippen molar-refractivity contribution >= 4 is 11.0 Å². The zero-order chi connectivity index (χ0) is 10.8. The first kappa shape index (κ1) is 10.1. The maximum Gasteiger partial charge on any atom is 0.129 e. The van der Waals surface area contributed by atoms with Gasteiger partial charge < -0.3 is 15.4 Å². The van der Waals surface area contributed by atoms with Gasteiger partial charge in [0, 0.05) is 12.7 Å². The maximum atomic E-state index is 9.04. The third-order valence-corrected chi connectivity index (χ3v) is 2.42. The van der Waals surface area contributed by atoms with Crippen LogP contribution in [0.4, 0.5) is 0 Å². The van der Waals surface area contributed by atoms with Crippen LogP contribution < -0.4 is 5.73 Å². The Kier molecular flexibility index (Phi) is 2.66. The molecule has 80 valence electrons. The monoisotopic (exact) mass is 206 g/mol. The quantitative estimate of drug-likeness (QED) is 0.764. The standard InChI is InChI=1S/C10H14N4O/c1-2-14-9-3-4-12-5-8(9)13-10(14)7(11)6-15/h3-5,7,15H,2,6,11H2,1H3. The molecule has 0 fully saturated rings. The van der Waals surface area contributed by atoms with Gasteiger partial charge in [-0.1, -0.05) is 0 Å². The van der Waals surface area contributed by atoms with Gasteiger partial charge in [0.15, 0.2) is 0 Å². The molecular formula is C10H14N4O. The van der Waals surface area contributed by atoms with Gasteiger partial charge in [-0.25, -0.2) is 4.98 Å². The molecule has 0 amide bonds. The minimum Gasteiger partial charge on any atom is -0.394 e. The number of hydrogen-bond donors (Lipinski definition) is 2. The van der Waals surface area contributed by atoms with E-state index in [0.29, 0.717) is 5.82 Å². The second kappa shape index (κ2) is 3.96. The number of nitrogens with two attached hydrogens (primary N) is 1. The van der Waals surface area contributed by atoms with Gasteiger partial charge in [-0.05, 0) is 13.0 Å². The second-order valence-electron chi connectivity index (χ2n) is 3.37. The summed E-state index contributed by atoms with van der Waals surface area (Å²) >= 11 is 0. The van der Waals surface area contributed by atoms with Crippen LogP contribution in [0.5, 0.6) is 0 Å². The minimum atomic E-state index is -0.433. The Morgan fingerprint density at radius 1 is 1.60 bits per heavy atom. The lowest BCUT2D eigenvalue weighted by atomic mass is 10.3. The molecule has 2 heterocycles. The Labute approximate surface area is 87.6 Å². The lowest BCUT2D eigenvalue weighted by Gasteiger charge is -2.10. The number of aryl methyl sites for hydroxylation is 1. The summed E-state index contributed by atoms with van der Waals surface area (Å²) in [5, 5.41) is 9.04. The number of pyridine rings is 1. The molecule has 0 aliphatic heterocycles. The average Bonchev–Trinajstić information content (AvgIpc) is 2.66. The van der Waals surface area contributed by atoms with Crippen LogP contribution in [0.15, 0.2) is 18.5 Å². The number of fused-ring (bicyclic) bond motifs is 1. The van der Waals surface area contributed by atoms with Crippen LogP contribution in [-0.2, 0) is 6.54 Å². The Morgan fingerprint density at radius 2 is 2.40 bits per heavy atom. The molecule has 15 heavy (non-hydrogen) atoms. The van der Waals surface area contributed by atoms with Crippen LogP contribution in [-0.4, -0.2) is 26.2 Å². The number of nitrogens with zero attached hydrogens (tertiary/aromatic N) is 3. The Hall–Kier alpha value is -1.46. The van der Waals surface area contributed by atoms with Gasteiger partial charge >= 0.3 is 0 Å². The molecule has 0 aromatic carbocycles. The van der Waals surface area contributed by atoms with Crippen LogP contribution in [0, 0.1) is 0 Å². The van der Waals surface area contributed by atoms with E-state index in [1.807, 2.05) is 17.6 Å². The SMILES string of the molecule is CCn1c(C(N)CO)nc2cnccc21. The van der Waals surface area contributed by atoms with Crippen molar-refractivity contribution in [3.05, 3.63) is 24.3 Å². The first-order chi connectivity index (χ1) is 7.27. The van der Waals surface area contributed by atoms with E-state index < -0.39 is 6.04 Å². The molecule has 0 radical (unpaired) electrons. The Morgan fingerprint density at radius 3 is 3.07 bits per heavy atom. The van der Waals surface area contributed by atoms with Crippen molar-refractivity contribution in [2.24, 2.45) is 5.73 Å². The summed E-state index contributed by atoms with van der Waals surface area (Å²) in [6.07, 6.45) is 3.43. The van der Waals surface area contributed by atoms with E-state index in [1.54, 1.807) is 12.4 Å². The number of rotatable bonds is 3. The Balaban J connectivity index is 2.63. The fourth-order valence-corrected chi connectivity index (χ4v) is 1.70. The zero-order valence-corrected chi connectivity index (χ0v) is 8.59. The van der Waals surface area contributed by atoms with Crippen LogP contribution in [0.3, 0.4) is 0 Å². The lowest BCUT2D eigenvalue weighted by molar-refractivity contribution is 0.261. The maximum absolute atomic E-state index is 9.04. The molecular weight excluding hydrogens is 192 g/mol. The van der Waals surface area contributed by atoms with Crippen molar-refractivity contribution in [2.45, 2.75) is 19.5 Å². The summed E-state index contributed by atoms with van der Waals surface area (Å²) in [7, 11) is 0. The number of aromatic nitrogens is 3. The van der Waals surface area contributed by atoms with Crippen molar-refractivity contribution in [3.8, 4) is 0 Å². The molecule has 0 aliphatic carbocycles. The first-order valence-corrected chi connectivity index (χ1v) is 4.94. The number of aliphatic hydroxyl groups is 1. The number of aliphatic hydroxyl groups excluding tert-OH is 1. The summed E-state index contributed by atoms with van der Waals surface area (Å²) in [5.74, 6) is 0.711. The molecule has 1 atom stereocenters. The molecule has 2 aromatic rings. The molecule has 1 unspecified atom stereocenters. The van der Waals surface area contributed by atoms with Gasteiger partial charge in [0.2, 0.25) is 0 Å². The molecule has 0 aliphatic rings. The average molecular weight is 206 g/mol. The van der Waals surface area contributed by atoms with Gasteiger partial charge in [0.25, 0.3) is 0 Å². The molecule has 5 nitrogen and oxygen atoms in total. The first-order valence-electron chi connectivity index (χ1n) is 4.94. The lowest BCUT2D eigenvalue weighted by Crippen LogP contribution is -2.19. The smallest absolute Gasteiger partial charge is 0.129 e. The summed E-state index contributed by atoms with van der Waals surface area (Å²) in [4.78, 5) is 8.38. The second-order valence-corrected chi connectivity index (χ2v) is 3.37. The fraction of sp³-hybridized carbons (Fsp3) is 0.400. The highest BCUT2D eigenvalue weighted by molar-refractivity contribution is 5.74. The van der Waals surface area contributed by atoms with Crippen LogP contribution >= 0.6 is 0 Å². The highest BCUT2D eigenvalue weighted by Crippen LogP contribution is 2.18. The number of hydrogen-bond acceptors (Lipinski definition) is 4. The van der Waals surface area contributed by atoms with Crippen LogP contribution in [0.25, 0.3) is 11.0 Å². The molecule has 0 spiro atoms. The fourth-order valence-electron chi connectivity index (χ4n) is 1.70. The van der Waals surface area contributed by atoms with E-state index in [9.17, 15) is 0 Å². The zero-order valence-electron chi connectivity index (χ0n) is 8.59. The normalized spacial score (nSPS) is 13.3. The van der Waals surface area contributed by atoms with Gasteiger partial charge in [-0.15, -0.1) is 0 Å². The van der Waals surface area contributed by atoms with Gasteiger partial charge in [0.1, 0.15) is 11.3 Å². The van der Waals surface area contributed by atoms with Crippen LogP contribution in [0.2, 0.25) is 0 Å². The predicted molar refractivity (Wildman–Crippen MR) is 57.2 cm³/mol. The van der Waals surface area contributed by atoms with E-state index >= 15 is 0 Å². The molecule has 0 saturated heterocycles. The van der Waals surface area contributed by atoms with E-state index in [-0.39, 0.29) is 6.61 Å².